The number of piperidine rings is 1. The molecule has 0 spiro atoms. The molecule has 19 heavy (non-hydrogen) atoms. The van der Waals surface area contributed by atoms with E-state index in [0.717, 1.165) is 26.1 Å². The number of hydrogen-bond acceptors (Lipinski definition) is 3. The molecule has 1 aliphatic heterocycles. The van der Waals surface area contributed by atoms with Gasteiger partial charge in [0, 0.05) is 26.2 Å². The molecule has 1 saturated heterocycles. The number of hydrogen-bond donors (Lipinski definition) is 1. The summed E-state index contributed by atoms with van der Waals surface area (Å²) in [5.74, 6) is 0.642. The molecular weight excluding hydrogens is 236 g/mol. The molecular formula is C16H26N2O. The summed E-state index contributed by atoms with van der Waals surface area (Å²) >= 11 is 0. The monoisotopic (exact) mass is 262 g/mol. The quantitative estimate of drug-likeness (QED) is 0.885. The molecule has 0 aromatic heterocycles. The van der Waals surface area contributed by atoms with Gasteiger partial charge in [-0.05, 0) is 30.0 Å². The van der Waals surface area contributed by atoms with Gasteiger partial charge >= 0.3 is 0 Å². The van der Waals surface area contributed by atoms with Crippen molar-refractivity contribution >= 4 is 0 Å². The largest absolute Gasteiger partial charge is 0.380 e. The van der Waals surface area contributed by atoms with Gasteiger partial charge in [-0.3, -0.25) is 4.90 Å². The first kappa shape index (κ1) is 14.5. The summed E-state index contributed by atoms with van der Waals surface area (Å²) < 4.78 is 5.28. The zero-order valence-electron chi connectivity index (χ0n) is 12.1. The first-order valence-electron chi connectivity index (χ1n) is 7.28. The highest BCUT2D eigenvalue weighted by atomic mass is 16.5. The number of likely N-dealkylation sites (tertiary alicyclic amines) is 1. The standard InChI is InChI=1S/C16H26N2O/c1-3-13-10-18(9-8-16(13)17)11-14-6-4-5-7-15(14)12-19-2/h4-7,13,16H,3,8-12,17H2,1-2H3. The van der Waals surface area contributed by atoms with Crippen LogP contribution in [0.15, 0.2) is 24.3 Å². The van der Waals surface area contributed by atoms with Crippen molar-refractivity contribution in [3.05, 3.63) is 35.4 Å². The molecule has 1 heterocycles. The van der Waals surface area contributed by atoms with Crippen molar-refractivity contribution in [2.24, 2.45) is 11.7 Å². The van der Waals surface area contributed by atoms with E-state index in [0.29, 0.717) is 18.6 Å². The maximum atomic E-state index is 6.18. The number of nitrogens with zero attached hydrogens (tertiary/aromatic N) is 1. The van der Waals surface area contributed by atoms with Crippen molar-refractivity contribution in [1.29, 1.82) is 0 Å². The fraction of sp³-hybridized carbons (Fsp3) is 0.625. The van der Waals surface area contributed by atoms with E-state index >= 15 is 0 Å². The lowest BCUT2D eigenvalue weighted by atomic mass is 9.90. The van der Waals surface area contributed by atoms with Gasteiger partial charge in [-0.1, -0.05) is 37.6 Å². The van der Waals surface area contributed by atoms with E-state index in [2.05, 4.69) is 36.1 Å². The highest BCUT2D eigenvalue weighted by Crippen LogP contribution is 2.21. The predicted octanol–water partition coefficient (Wildman–Crippen LogP) is 2.39. The number of ether oxygens (including phenoxy) is 1. The van der Waals surface area contributed by atoms with Gasteiger partial charge in [0.15, 0.2) is 0 Å². The van der Waals surface area contributed by atoms with E-state index in [-0.39, 0.29) is 0 Å². The fourth-order valence-corrected chi connectivity index (χ4v) is 2.95. The smallest absolute Gasteiger partial charge is 0.0716 e. The zero-order valence-corrected chi connectivity index (χ0v) is 12.1. The van der Waals surface area contributed by atoms with Crippen LogP contribution in [-0.2, 0) is 17.9 Å². The summed E-state index contributed by atoms with van der Waals surface area (Å²) in [7, 11) is 1.75. The molecule has 3 nitrogen and oxygen atoms in total. The van der Waals surface area contributed by atoms with E-state index < -0.39 is 0 Å². The third-order valence-corrected chi connectivity index (χ3v) is 4.21. The maximum absolute atomic E-state index is 6.18. The highest BCUT2D eigenvalue weighted by molar-refractivity contribution is 5.26. The molecule has 2 N–H and O–H groups in total. The van der Waals surface area contributed by atoms with Crippen LogP contribution in [0.25, 0.3) is 0 Å². The SMILES string of the molecule is CCC1CN(Cc2ccccc2COC)CCC1N. The Labute approximate surface area is 116 Å². The van der Waals surface area contributed by atoms with E-state index in [1.54, 1.807) is 7.11 Å². The molecule has 1 aromatic carbocycles. The van der Waals surface area contributed by atoms with Crippen LogP contribution < -0.4 is 5.73 Å². The average molecular weight is 262 g/mol. The number of nitrogens with two attached hydrogens (primary N) is 1. The predicted molar refractivity (Wildman–Crippen MR) is 78.8 cm³/mol. The van der Waals surface area contributed by atoms with Gasteiger partial charge in [-0.25, -0.2) is 0 Å². The fourth-order valence-electron chi connectivity index (χ4n) is 2.95. The highest BCUT2D eigenvalue weighted by Gasteiger charge is 2.25. The molecule has 0 radical (unpaired) electrons. The molecule has 0 aliphatic carbocycles. The van der Waals surface area contributed by atoms with E-state index in [1.807, 2.05) is 0 Å². The molecule has 0 amide bonds. The normalized spacial score (nSPS) is 24.6. The van der Waals surface area contributed by atoms with E-state index in [9.17, 15) is 0 Å². The second-order valence-electron chi connectivity index (χ2n) is 5.56. The Hall–Kier alpha value is -0.900. The first-order valence-corrected chi connectivity index (χ1v) is 7.28. The van der Waals surface area contributed by atoms with Crippen molar-refractivity contribution in [3.8, 4) is 0 Å². The van der Waals surface area contributed by atoms with Gasteiger partial charge in [0.25, 0.3) is 0 Å². The van der Waals surface area contributed by atoms with Crippen LogP contribution in [0.3, 0.4) is 0 Å². The minimum Gasteiger partial charge on any atom is -0.380 e. The van der Waals surface area contributed by atoms with Crippen LogP contribution in [0.1, 0.15) is 30.9 Å². The molecule has 1 fully saturated rings. The zero-order chi connectivity index (χ0) is 13.7. The van der Waals surface area contributed by atoms with Crippen LogP contribution in [0, 0.1) is 5.92 Å². The van der Waals surface area contributed by atoms with Crippen molar-refractivity contribution in [2.75, 3.05) is 20.2 Å². The Bertz CT molecular complexity index is 394. The summed E-state index contributed by atoms with van der Waals surface area (Å²) in [6.07, 6.45) is 2.29. The molecule has 0 bridgehead atoms. The second-order valence-corrected chi connectivity index (χ2v) is 5.56. The van der Waals surface area contributed by atoms with E-state index in [4.69, 9.17) is 10.5 Å². The second kappa shape index (κ2) is 7.04. The Morgan fingerprint density at radius 1 is 1.32 bits per heavy atom. The van der Waals surface area contributed by atoms with Gasteiger partial charge in [-0.2, -0.15) is 0 Å². The molecule has 1 aromatic rings. The van der Waals surface area contributed by atoms with Crippen molar-refractivity contribution in [2.45, 2.75) is 39.0 Å². The molecule has 2 rings (SSSR count). The lowest BCUT2D eigenvalue weighted by Gasteiger charge is -2.36. The van der Waals surface area contributed by atoms with Crippen LogP contribution in [0.5, 0.6) is 0 Å². The summed E-state index contributed by atoms with van der Waals surface area (Å²) in [5, 5.41) is 0. The van der Waals surface area contributed by atoms with Crippen molar-refractivity contribution in [3.63, 3.8) is 0 Å². The third kappa shape index (κ3) is 3.78. The van der Waals surface area contributed by atoms with Crippen LogP contribution >= 0.6 is 0 Å². The van der Waals surface area contributed by atoms with Crippen LogP contribution in [-0.4, -0.2) is 31.1 Å². The van der Waals surface area contributed by atoms with Crippen molar-refractivity contribution < 1.29 is 4.74 Å². The number of methoxy groups -OCH3 is 1. The van der Waals surface area contributed by atoms with Gasteiger partial charge in [0.2, 0.25) is 0 Å². The number of benzene rings is 1. The van der Waals surface area contributed by atoms with E-state index in [1.165, 1.54) is 17.5 Å². The summed E-state index contributed by atoms with van der Waals surface area (Å²) in [5.41, 5.74) is 8.86. The Kier molecular flexibility index (Phi) is 5.37. The van der Waals surface area contributed by atoms with Crippen LogP contribution in [0.2, 0.25) is 0 Å². The Morgan fingerprint density at radius 2 is 2.05 bits per heavy atom. The molecule has 0 saturated carbocycles. The summed E-state index contributed by atoms with van der Waals surface area (Å²) in [6, 6.07) is 8.95. The first-order chi connectivity index (χ1) is 9.24. The lowest BCUT2D eigenvalue weighted by Crippen LogP contribution is -2.46. The third-order valence-electron chi connectivity index (χ3n) is 4.21. The lowest BCUT2D eigenvalue weighted by molar-refractivity contribution is 0.142. The minimum atomic E-state index is 0.385. The Morgan fingerprint density at radius 3 is 2.74 bits per heavy atom. The minimum absolute atomic E-state index is 0.385. The van der Waals surface area contributed by atoms with Gasteiger partial charge < -0.3 is 10.5 Å². The maximum Gasteiger partial charge on any atom is 0.0716 e. The molecule has 3 heteroatoms. The topological polar surface area (TPSA) is 38.5 Å². The average Bonchev–Trinajstić information content (AvgIpc) is 2.43. The van der Waals surface area contributed by atoms with Crippen LogP contribution in [0.4, 0.5) is 0 Å². The van der Waals surface area contributed by atoms with Gasteiger partial charge in [0.05, 0.1) is 6.61 Å². The Balaban J connectivity index is 2.01. The molecule has 106 valence electrons. The molecule has 2 unspecified atom stereocenters. The van der Waals surface area contributed by atoms with Gasteiger partial charge in [0.1, 0.15) is 0 Å². The number of rotatable bonds is 5. The summed E-state index contributed by atoms with van der Waals surface area (Å²) in [4.78, 5) is 2.53. The van der Waals surface area contributed by atoms with Gasteiger partial charge in [-0.15, -0.1) is 0 Å². The molecule has 1 aliphatic rings. The van der Waals surface area contributed by atoms with Crippen molar-refractivity contribution in [1.82, 2.24) is 4.90 Å². The summed E-state index contributed by atoms with van der Waals surface area (Å²) in [6.45, 7) is 6.19. The molecule has 2 atom stereocenters.